The van der Waals surface area contributed by atoms with Gasteiger partial charge >= 0.3 is 0 Å². The maximum absolute atomic E-state index is 9.03. The highest BCUT2D eigenvalue weighted by atomic mass is 15.3. The molecule has 0 fully saturated rings. The average Bonchev–Trinajstić information content (AvgIpc) is 2.92. The lowest BCUT2D eigenvalue weighted by Crippen LogP contribution is -1.97. The van der Waals surface area contributed by atoms with Crippen molar-refractivity contribution in [2.45, 2.75) is 46.1 Å². The highest BCUT2D eigenvalue weighted by Crippen LogP contribution is 2.21. The molecule has 0 atom stereocenters. The van der Waals surface area contributed by atoms with Crippen LogP contribution in [-0.2, 0) is 6.54 Å². The number of hydrogen-bond acceptors (Lipinski definition) is 2. The van der Waals surface area contributed by atoms with Gasteiger partial charge in [0.15, 0.2) is 0 Å². The first kappa shape index (κ1) is 14.3. The van der Waals surface area contributed by atoms with E-state index in [2.05, 4.69) is 30.4 Å². The zero-order valence-corrected chi connectivity index (χ0v) is 12.3. The zero-order chi connectivity index (χ0) is 14.4. The van der Waals surface area contributed by atoms with Crippen LogP contribution in [0.5, 0.6) is 0 Å². The van der Waals surface area contributed by atoms with E-state index < -0.39 is 0 Å². The molecule has 0 amide bonds. The van der Waals surface area contributed by atoms with Crippen LogP contribution in [0, 0.1) is 18.3 Å². The largest absolute Gasteiger partial charge is 0.272 e. The fourth-order valence-electron chi connectivity index (χ4n) is 2.35. The van der Waals surface area contributed by atoms with E-state index >= 15 is 0 Å². The van der Waals surface area contributed by atoms with Crippen molar-refractivity contribution in [1.82, 2.24) is 9.78 Å². The van der Waals surface area contributed by atoms with E-state index in [4.69, 9.17) is 5.26 Å². The van der Waals surface area contributed by atoms with Crippen LogP contribution < -0.4 is 0 Å². The molecule has 0 spiro atoms. The molecule has 0 unspecified atom stereocenters. The van der Waals surface area contributed by atoms with Gasteiger partial charge in [-0.15, -0.1) is 0 Å². The Morgan fingerprint density at radius 3 is 2.75 bits per heavy atom. The van der Waals surface area contributed by atoms with E-state index in [1.165, 1.54) is 25.7 Å². The summed E-state index contributed by atoms with van der Waals surface area (Å²) in [6.45, 7) is 5.20. The summed E-state index contributed by atoms with van der Waals surface area (Å²) in [6, 6.07) is 8.13. The lowest BCUT2D eigenvalue weighted by molar-refractivity contribution is 0.541. The maximum atomic E-state index is 9.03. The standard InChI is InChI=1S/C17H21N3/c1-3-4-5-6-7-20-13-17(12-19-20)16-9-14(2)8-15(10-16)11-18/h8-10,12-13H,3-7H2,1-2H3. The summed E-state index contributed by atoms with van der Waals surface area (Å²) < 4.78 is 2.00. The fourth-order valence-corrected chi connectivity index (χ4v) is 2.35. The van der Waals surface area contributed by atoms with Crippen LogP contribution in [0.15, 0.2) is 30.6 Å². The molecule has 0 aliphatic heterocycles. The Kier molecular flexibility index (Phi) is 4.95. The van der Waals surface area contributed by atoms with Gasteiger partial charge in [0.1, 0.15) is 0 Å². The second-order valence-electron chi connectivity index (χ2n) is 5.25. The number of nitriles is 1. The van der Waals surface area contributed by atoms with Crippen molar-refractivity contribution >= 4 is 0 Å². The van der Waals surface area contributed by atoms with Crippen LogP contribution in [0.25, 0.3) is 11.1 Å². The van der Waals surface area contributed by atoms with Crippen molar-refractivity contribution in [2.24, 2.45) is 0 Å². The smallest absolute Gasteiger partial charge is 0.0991 e. The summed E-state index contributed by atoms with van der Waals surface area (Å²) >= 11 is 0. The third-order valence-corrected chi connectivity index (χ3v) is 3.41. The molecule has 1 aromatic heterocycles. The van der Waals surface area contributed by atoms with Gasteiger partial charge in [0.2, 0.25) is 0 Å². The highest BCUT2D eigenvalue weighted by Gasteiger charge is 2.04. The third kappa shape index (κ3) is 3.71. The van der Waals surface area contributed by atoms with E-state index in [0.29, 0.717) is 5.56 Å². The Hall–Kier alpha value is -2.08. The Morgan fingerprint density at radius 1 is 1.15 bits per heavy atom. The van der Waals surface area contributed by atoms with Crippen LogP contribution in [0.2, 0.25) is 0 Å². The molecular formula is C17H21N3. The molecule has 1 aromatic carbocycles. The molecule has 0 aliphatic rings. The first-order valence-electron chi connectivity index (χ1n) is 7.27. The second-order valence-corrected chi connectivity index (χ2v) is 5.25. The number of rotatable bonds is 6. The SMILES string of the molecule is CCCCCCn1cc(-c2cc(C)cc(C#N)c2)cn1. The number of benzene rings is 1. The molecule has 104 valence electrons. The molecule has 0 aliphatic carbocycles. The van der Waals surface area contributed by atoms with E-state index in [1.54, 1.807) is 0 Å². The lowest BCUT2D eigenvalue weighted by Gasteiger charge is -2.02. The van der Waals surface area contributed by atoms with Crippen LogP contribution in [-0.4, -0.2) is 9.78 Å². The first-order valence-corrected chi connectivity index (χ1v) is 7.27. The molecular weight excluding hydrogens is 246 g/mol. The van der Waals surface area contributed by atoms with Gasteiger partial charge in [-0.1, -0.05) is 32.3 Å². The van der Waals surface area contributed by atoms with Gasteiger partial charge < -0.3 is 0 Å². The minimum absolute atomic E-state index is 0.704. The molecule has 0 saturated carbocycles. The molecule has 3 nitrogen and oxygen atoms in total. The van der Waals surface area contributed by atoms with Gasteiger partial charge in [-0.2, -0.15) is 10.4 Å². The van der Waals surface area contributed by atoms with Gasteiger partial charge in [0.05, 0.1) is 17.8 Å². The first-order chi connectivity index (χ1) is 9.72. The summed E-state index contributed by atoms with van der Waals surface area (Å²) in [5.41, 5.74) is 3.97. The van der Waals surface area contributed by atoms with E-state index in [1.807, 2.05) is 29.9 Å². The summed E-state index contributed by atoms with van der Waals surface area (Å²) in [7, 11) is 0. The monoisotopic (exact) mass is 267 g/mol. The molecule has 0 radical (unpaired) electrons. The van der Waals surface area contributed by atoms with Crippen LogP contribution in [0.4, 0.5) is 0 Å². The fraction of sp³-hybridized carbons (Fsp3) is 0.412. The molecule has 2 aromatic rings. The summed E-state index contributed by atoms with van der Waals surface area (Å²) in [5, 5.41) is 13.4. The third-order valence-electron chi connectivity index (χ3n) is 3.41. The van der Waals surface area contributed by atoms with Gasteiger partial charge in [0, 0.05) is 18.3 Å². The molecule has 0 N–H and O–H groups in total. The topological polar surface area (TPSA) is 41.6 Å². The van der Waals surface area contributed by atoms with Crippen LogP contribution in [0.3, 0.4) is 0 Å². The predicted molar refractivity (Wildman–Crippen MR) is 81.3 cm³/mol. The second kappa shape index (κ2) is 6.91. The van der Waals surface area contributed by atoms with Crippen molar-refractivity contribution in [1.29, 1.82) is 5.26 Å². The Morgan fingerprint density at radius 2 is 2.00 bits per heavy atom. The summed E-state index contributed by atoms with van der Waals surface area (Å²) in [5.74, 6) is 0. The quantitative estimate of drug-likeness (QED) is 0.732. The Labute approximate surface area is 120 Å². The normalized spacial score (nSPS) is 10.4. The number of hydrogen-bond donors (Lipinski definition) is 0. The number of nitrogens with zero attached hydrogens (tertiary/aromatic N) is 3. The number of aryl methyl sites for hydroxylation is 2. The Bertz CT molecular complexity index is 605. The molecule has 2 rings (SSSR count). The van der Waals surface area contributed by atoms with Crippen molar-refractivity contribution in [2.75, 3.05) is 0 Å². The van der Waals surface area contributed by atoms with Gasteiger partial charge in [-0.05, 0) is 36.6 Å². The van der Waals surface area contributed by atoms with Crippen molar-refractivity contribution in [3.63, 3.8) is 0 Å². The summed E-state index contributed by atoms with van der Waals surface area (Å²) in [4.78, 5) is 0. The maximum Gasteiger partial charge on any atom is 0.0991 e. The lowest BCUT2D eigenvalue weighted by atomic mass is 10.0. The molecule has 1 heterocycles. The van der Waals surface area contributed by atoms with Crippen molar-refractivity contribution in [3.05, 3.63) is 41.7 Å². The van der Waals surface area contributed by atoms with E-state index in [0.717, 1.165) is 23.2 Å². The Balaban J connectivity index is 2.08. The van der Waals surface area contributed by atoms with Gasteiger partial charge in [0.25, 0.3) is 0 Å². The van der Waals surface area contributed by atoms with Gasteiger partial charge in [-0.3, -0.25) is 4.68 Å². The van der Waals surface area contributed by atoms with E-state index in [-0.39, 0.29) is 0 Å². The van der Waals surface area contributed by atoms with Crippen molar-refractivity contribution < 1.29 is 0 Å². The van der Waals surface area contributed by atoms with Crippen molar-refractivity contribution in [3.8, 4) is 17.2 Å². The highest BCUT2D eigenvalue weighted by molar-refractivity contribution is 5.64. The summed E-state index contributed by atoms with van der Waals surface area (Å²) in [6.07, 6.45) is 8.93. The minimum Gasteiger partial charge on any atom is -0.272 e. The van der Waals surface area contributed by atoms with Gasteiger partial charge in [-0.25, -0.2) is 0 Å². The molecule has 20 heavy (non-hydrogen) atoms. The molecule has 0 bridgehead atoms. The van der Waals surface area contributed by atoms with Crippen LogP contribution >= 0.6 is 0 Å². The van der Waals surface area contributed by atoms with Crippen LogP contribution in [0.1, 0.15) is 43.7 Å². The zero-order valence-electron chi connectivity index (χ0n) is 12.3. The average molecular weight is 267 g/mol. The number of unbranched alkanes of at least 4 members (excludes halogenated alkanes) is 3. The minimum atomic E-state index is 0.704. The van der Waals surface area contributed by atoms with E-state index in [9.17, 15) is 0 Å². The number of aromatic nitrogens is 2. The molecule has 3 heteroatoms. The molecule has 0 saturated heterocycles. The predicted octanol–water partition coefficient (Wildman–Crippen LogP) is 4.31.